The standard InChI is InChI=1S/C28H43N2O17P.C28H42N2O14/c1-18(2)24(32)41-11-7-8-23(31)46-21(16-44-27(35)29-9-12-42-25(33)19(3)4)14-40-15-22(47-48(37,38)39)17-45-28(36)30-10-13-43-26(34)20(5)6;1-18(2)24(33)39-11-7-8-23(32)44-22(17-43-28(37)30-10-13-41-26(35)20(5)6)16-38-14-21(31)15-42-27(36)29-9-12-40-25(34)19(3)4/h21-22H,1,3,5,7-17H2,2,4,6H3,(H,29,35)(H,30,36)(H2,37,38,39);21-22,31H,1,3,5,7-17H2,2,4,6H3,(H,29,36)(H,30,37). The molecule has 0 aliphatic rings. The third-order valence-electron chi connectivity index (χ3n) is 9.74. The highest BCUT2D eigenvalue weighted by molar-refractivity contribution is 7.46. The molecule has 0 aliphatic heterocycles. The number of esters is 8. The lowest BCUT2D eigenvalue weighted by Crippen LogP contribution is -2.36. The molecule has 0 rings (SSSR count). The Morgan fingerprint density at radius 2 is 0.609 bits per heavy atom. The van der Waals surface area contributed by atoms with Gasteiger partial charge in [-0.05, 0) is 54.4 Å². The number of hydrogen-bond acceptors (Lipinski definition) is 29. The van der Waals surface area contributed by atoms with E-state index < -0.39 is 144 Å². The monoisotopic (exact) mass is 1340 g/mol. The van der Waals surface area contributed by atoms with Crippen LogP contribution in [0.25, 0.3) is 0 Å². The van der Waals surface area contributed by atoms with E-state index in [-0.39, 0.29) is 138 Å². The van der Waals surface area contributed by atoms with E-state index in [0.717, 1.165) is 0 Å². The number of amides is 4. The van der Waals surface area contributed by atoms with Crippen molar-refractivity contribution in [2.24, 2.45) is 0 Å². The number of nitrogens with one attached hydrogen (secondary N) is 4. The summed E-state index contributed by atoms with van der Waals surface area (Å²) in [4.78, 5) is 159. The zero-order valence-electron chi connectivity index (χ0n) is 52.3. The zero-order chi connectivity index (χ0) is 70.2. The summed E-state index contributed by atoms with van der Waals surface area (Å²) in [5.41, 5.74) is 1.12. The van der Waals surface area contributed by atoms with Crippen LogP contribution in [-0.2, 0) is 114 Å². The van der Waals surface area contributed by atoms with Crippen LogP contribution in [0.15, 0.2) is 72.9 Å². The molecule has 4 atom stereocenters. The molecule has 7 N–H and O–H groups in total. The predicted molar refractivity (Wildman–Crippen MR) is 315 cm³/mol. The van der Waals surface area contributed by atoms with Gasteiger partial charge >= 0.3 is 80.0 Å². The molecule has 0 saturated heterocycles. The lowest BCUT2D eigenvalue weighted by atomic mass is 10.3. The first kappa shape index (κ1) is 85.3. The van der Waals surface area contributed by atoms with Gasteiger partial charge in [0.15, 0.2) is 12.2 Å². The molecule has 4 amide bonds. The van der Waals surface area contributed by atoms with Crippen LogP contribution in [0, 0.1) is 0 Å². The number of phosphoric acid groups is 1. The summed E-state index contributed by atoms with van der Waals surface area (Å²) in [6.07, 6.45) is -8.96. The van der Waals surface area contributed by atoms with Crippen LogP contribution in [0.1, 0.15) is 67.2 Å². The van der Waals surface area contributed by atoms with E-state index in [1.54, 1.807) is 0 Å². The van der Waals surface area contributed by atoms with Gasteiger partial charge in [-0.2, -0.15) is 0 Å². The van der Waals surface area contributed by atoms with Gasteiger partial charge in [-0.15, -0.1) is 0 Å². The molecule has 0 aromatic carbocycles. The second-order valence-electron chi connectivity index (χ2n) is 19.0. The summed E-state index contributed by atoms with van der Waals surface area (Å²) in [5, 5.41) is 19.3. The van der Waals surface area contributed by atoms with E-state index in [2.05, 4.69) is 65.3 Å². The van der Waals surface area contributed by atoms with Crippen molar-refractivity contribution in [2.75, 3.05) is 119 Å². The second-order valence-corrected chi connectivity index (χ2v) is 20.2. The van der Waals surface area contributed by atoms with E-state index in [1.807, 2.05) is 0 Å². The average molecular weight is 1340 g/mol. The summed E-state index contributed by atoms with van der Waals surface area (Å²) in [6, 6.07) is 0. The first-order valence-corrected chi connectivity index (χ1v) is 29.2. The minimum atomic E-state index is -5.09. The lowest BCUT2D eigenvalue weighted by Gasteiger charge is -2.21. The van der Waals surface area contributed by atoms with E-state index in [1.165, 1.54) is 41.5 Å². The quantitative estimate of drug-likeness (QED) is 0.0150. The fraction of sp³-hybridized carbons (Fsp3) is 0.571. The smallest absolute Gasteiger partial charge is 0.462 e. The Bertz CT molecular complexity index is 2570. The molecule has 0 spiro atoms. The molecule has 0 aliphatic carbocycles. The molecule has 0 aromatic rings. The highest BCUT2D eigenvalue weighted by Crippen LogP contribution is 2.37. The molecule has 0 radical (unpaired) electrons. The van der Waals surface area contributed by atoms with Crippen molar-refractivity contribution in [3.63, 3.8) is 0 Å². The molecule has 4 unspecified atom stereocenters. The van der Waals surface area contributed by atoms with Gasteiger partial charge in [0.25, 0.3) is 0 Å². The topological polar surface area (TPSA) is 469 Å². The molecular weight excluding hydrogens is 1260 g/mol. The van der Waals surface area contributed by atoms with Crippen LogP contribution in [0.4, 0.5) is 19.2 Å². The minimum Gasteiger partial charge on any atom is -0.462 e. The molecule has 0 aromatic heterocycles. The summed E-state index contributed by atoms with van der Waals surface area (Å²) in [5.74, 6) is -5.26. The Hall–Kier alpha value is -8.73. The third kappa shape index (κ3) is 50.1. The average Bonchev–Trinajstić information content (AvgIpc) is 3.52. The van der Waals surface area contributed by atoms with Crippen molar-refractivity contribution >= 4 is 80.0 Å². The fourth-order valence-corrected chi connectivity index (χ4v) is 5.82. The number of rotatable bonds is 46. The molecule has 0 saturated carbocycles. The Balaban J connectivity index is 0. The third-order valence-corrected chi connectivity index (χ3v) is 10.3. The number of carbonyl (C=O) groups excluding carboxylic acids is 12. The maximum Gasteiger partial charge on any atom is 0.470 e. The van der Waals surface area contributed by atoms with Crippen molar-refractivity contribution in [1.29, 1.82) is 0 Å². The van der Waals surface area contributed by atoms with Crippen LogP contribution in [0.2, 0.25) is 0 Å². The largest absolute Gasteiger partial charge is 0.470 e. The van der Waals surface area contributed by atoms with E-state index in [0.29, 0.717) is 0 Å². The Morgan fingerprint density at radius 1 is 0.359 bits per heavy atom. The number of ether oxygens (including phenoxy) is 14. The predicted octanol–water partition coefficient (Wildman–Crippen LogP) is 1.85. The molecule has 520 valence electrons. The van der Waals surface area contributed by atoms with Crippen LogP contribution in [-0.4, -0.2) is 230 Å². The van der Waals surface area contributed by atoms with Crippen molar-refractivity contribution in [3.8, 4) is 0 Å². The van der Waals surface area contributed by atoms with Crippen molar-refractivity contribution in [2.45, 2.75) is 91.6 Å². The van der Waals surface area contributed by atoms with Crippen LogP contribution < -0.4 is 21.3 Å². The van der Waals surface area contributed by atoms with Gasteiger partial charge in [0, 0.05) is 46.3 Å². The van der Waals surface area contributed by atoms with Gasteiger partial charge in [-0.1, -0.05) is 39.5 Å². The molecule has 0 bridgehead atoms. The molecular formula is C56H85N4O31P. The van der Waals surface area contributed by atoms with Crippen molar-refractivity contribution in [1.82, 2.24) is 21.3 Å². The Labute approximate surface area is 530 Å². The Kier molecular flexibility index (Phi) is 46.4. The normalized spacial score (nSPS) is 11.8. The number of aliphatic hydroxyl groups is 1. The minimum absolute atomic E-state index is 0.0267. The number of hydrogen-bond donors (Lipinski definition) is 7. The van der Waals surface area contributed by atoms with Crippen molar-refractivity contribution < 1.29 is 148 Å². The Morgan fingerprint density at radius 3 is 0.891 bits per heavy atom. The van der Waals surface area contributed by atoms with E-state index in [9.17, 15) is 77.0 Å². The number of alkyl carbamates (subject to hydrolysis) is 4. The molecule has 0 heterocycles. The lowest BCUT2D eigenvalue weighted by molar-refractivity contribution is -0.157. The summed E-state index contributed by atoms with van der Waals surface area (Å²) >= 11 is 0. The fourth-order valence-electron chi connectivity index (χ4n) is 5.31. The van der Waals surface area contributed by atoms with Crippen LogP contribution in [0.5, 0.6) is 0 Å². The second kappa shape index (κ2) is 50.0. The molecule has 0 fully saturated rings. The molecule has 35 nitrogen and oxygen atoms in total. The zero-order valence-corrected chi connectivity index (χ0v) is 53.2. The maximum atomic E-state index is 12.4. The van der Waals surface area contributed by atoms with Crippen LogP contribution >= 0.6 is 7.82 Å². The van der Waals surface area contributed by atoms with Gasteiger partial charge in [0.05, 0.1) is 65.8 Å². The van der Waals surface area contributed by atoms with Gasteiger partial charge in [-0.25, -0.2) is 52.5 Å². The van der Waals surface area contributed by atoms with E-state index in [4.69, 9.17) is 66.3 Å². The first-order valence-electron chi connectivity index (χ1n) is 27.7. The van der Waals surface area contributed by atoms with Gasteiger partial charge < -0.3 is 102 Å². The summed E-state index contributed by atoms with van der Waals surface area (Å²) in [7, 11) is -5.09. The van der Waals surface area contributed by atoms with Crippen LogP contribution in [0.3, 0.4) is 0 Å². The number of carbonyl (C=O) groups is 12. The number of aliphatic hydroxyl groups excluding tert-OH is 1. The summed E-state index contributed by atoms with van der Waals surface area (Å²) < 4.78 is 86.1. The first-order chi connectivity index (χ1) is 43.1. The van der Waals surface area contributed by atoms with Crippen molar-refractivity contribution in [3.05, 3.63) is 72.9 Å². The molecule has 36 heteroatoms. The van der Waals surface area contributed by atoms with Gasteiger partial charge in [-0.3, -0.25) is 14.1 Å². The van der Waals surface area contributed by atoms with E-state index >= 15 is 0 Å². The van der Waals surface area contributed by atoms with Gasteiger partial charge in [0.2, 0.25) is 0 Å². The summed E-state index contributed by atoms with van der Waals surface area (Å²) in [6.45, 7) is 24.4. The highest BCUT2D eigenvalue weighted by Gasteiger charge is 2.26. The van der Waals surface area contributed by atoms with Gasteiger partial charge in [0.1, 0.15) is 65.1 Å². The number of phosphoric ester groups is 1. The SMILES string of the molecule is C=C(C)C(=O)OCCCC(=O)OC(COCC(COC(=O)NCCOC(=O)C(=C)C)OP(=O)(O)O)COC(=O)NCCOC(=O)C(=C)C.C=C(C)C(=O)OCCCC(=O)OC(COCC(O)COC(=O)NCCOC(=O)C(=C)C)COC(=O)NCCOC(=O)C(=C)C. The molecule has 92 heavy (non-hydrogen) atoms. The highest BCUT2D eigenvalue weighted by atomic mass is 31.2. The maximum absolute atomic E-state index is 12.4.